The number of hydrogen-bond donors (Lipinski definition) is 1. The topological polar surface area (TPSA) is 66.2 Å². The van der Waals surface area contributed by atoms with Crippen molar-refractivity contribution in [3.8, 4) is 0 Å². The van der Waals surface area contributed by atoms with Gasteiger partial charge in [-0.05, 0) is 0 Å². The fourth-order valence-corrected chi connectivity index (χ4v) is 0. The quantitative estimate of drug-likeness (QED) is 0.467. The Morgan fingerprint density at radius 1 is 1.71 bits per heavy atom. The molecule has 0 aromatic rings. The SMILES string of the molecule is CCC.NS(=O)[O-]. The summed E-state index contributed by atoms with van der Waals surface area (Å²) in [5.41, 5.74) is 0. The lowest BCUT2D eigenvalue weighted by atomic mass is 10.6. The molecule has 0 saturated heterocycles. The molecule has 0 spiro atoms. The highest BCUT2D eigenvalue weighted by molar-refractivity contribution is 7.76. The molecule has 0 radical (unpaired) electrons. The van der Waals surface area contributed by atoms with Crippen LogP contribution in [-0.4, -0.2) is 8.76 Å². The van der Waals surface area contributed by atoms with Crippen LogP contribution in [0, 0.1) is 0 Å². The molecular weight excluding hydrogens is 114 g/mol. The van der Waals surface area contributed by atoms with E-state index in [1.807, 2.05) is 0 Å². The molecule has 0 fully saturated rings. The summed E-state index contributed by atoms with van der Waals surface area (Å²) in [7, 11) is 0. The fraction of sp³-hybridized carbons (Fsp3) is 1.00. The third kappa shape index (κ3) is 20500. The average Bonchev–Trinajstić information content (AvgIpc) is 1.33. The third-order valence-corrected chi connectivity index (χ3v) is 0. The van der Waals surface area contributed by atoms with Gasteiger partial charge in [-0.3, -0.25) is 9.35 Å². The van der Waals surface area contributed by atoms with E-state index in [1.165, 1.54) is 6.42 Å². The summed E-state index contributed by atoms with van der Waals surface area (Å²) >= 11 is -2.36. The monoisotopic (exact) mass is 124 g/mol. The second-order valence-electron chi connectivity index (χ2n) is 0.968. The van der Waals surface area contributed by atoms with Gasteiger partial charge in [-0.2, -0.15) is 0 Å². The van der Waals surface area contributed by atoms with Crippen LogP contribution in [0.3, 0.4) is 0 Å². The Hall–Kier alpha value is 0.0700. The Bertz CT molecular complexity index is 44.2. The van der Waals surface area contributed by atoms with Gasteiger partial charge < -0.3 is 4.55 Å². The predicted molar refractivity (Wildman–Crippen MR) is 29.1 cm³/mol. The molecule has 0 heterocycles. The van der Waals surface area contributed by atoms with Crippen LogP contribution in [0.25, 0.3) is 0 Å². The molecule has 7 heavy (non-hydrogen) atoms. The van der Waals surface area contributed by atoms with Crippen molar-refractivity contribution in [3.63, 3.8) is 0 Å². The first kappa shape index (κ1) is 10.1. The van der Waals surface area contributed by atoms with Gasteiger partial charge in [-0.25, -0.2) is 0 Å². The summed E-state index contributed by atoms with van der Waals surface area (Å²) in [5, 5.41) is 4.03. The molecule has 4 heteroatoms. The van der Waals surface area contributed by atoms with Gasteiger partial charge in [0.1, 0.15) is 0 Å². The summed E-state index contributed by atoms with van der Waals surface area (Å²) < 4.78 is 17.6. The van der Waals surface area contributed by atoms with Crippen LogP contribution in [0.4, 0.5) is 0 Å². The van der Waals surface area contributed by atoms with Crippen LogP contribution in [0.1, 0.15) is 20.3 Å². The van der Waals surface area contributed by atoms with E-state index >= 15 is 0 Å². The first-order valence-corrected chi connectivity index (χ1v) is 3.12. The van der Waals surface area contributed by atoms with Crippen LogP contribution >= 0.6 is 0 Å². The van der Waals surface area contributed by atoms with Gasteiger partial charge in [0, 0.05) is 11.3 Å². The second kappa shape index (κ2) is 9.42. The zero-order chi connectivity index (χ0) is 6.28. The van der Waals surface area contributed by atoms with E-state index in [-0.39, 0.29) is 0 Å². The zero-order valence-corrected chi connectivity index (χ0v) is 5.33. The second-order valence-corrected chi connectivity index (χ2v) is 1.49. The lowest BCUT2D eigenvalue weighted by Gasteiger charge is -1.85. The molecular formula is C3H10NO2S-. The summed E-state index contributed by atoms with van der Waals surface area (Å²) in [4.78, 5) is 0. The number of hydrogen-bond acceptors (Lipinski definition) is 2. The Labute approximate surface area is 46.3 Å². The highest BCUT2D eigenvalue weighted by atomic mass is 32.2. The van der Waals surface area contributed by atoms with E-state index < -0.39 is 11.3 Å². The Balaban J connectivity index is 0. The molecule has 0 aromatic heterocycles. The van der Waals surface area contributed by atoms with Crippen LogP contribution in [0.2, 0.25) is 0 Å². The van der Waals surface area contributed by atoms with Crippen molar-refractivity contribution < 1.29 is 8.76 Å². The van der Waals surface area contributed by atoms with E-state index in [2.05, 4.69) is 19.0 Å². The smallest absolute Gasteiger partial charge is 0.0152 e. The maximum atomic E-state index is 8.78. The molecule has 1 atom stereocenters. The molecule has 0 aliphatic carbocycles. The van der Waals surface area contributed by atoms with Gasteiger partial charge in [-0.1, -0.05) is 20.3 Å². The minimum Gasteiger partial charge on any atom is -0.760 e. The molecule has 0 bridgehead atoms. The molecule has 2 N–H and O–H groups in total. The summed E-state index contributed by atoms with van der Waals surface area (Å²) in [6.07, 6.45) is 1.25. The molecule has 46 valence electrons. The maximum Gasteiger partial charge on any atom is 0.0152 e. The molecule has 3 nitrogen and oxygen atoms in total. The van der Waals surface area contributed by atoms with Gasteiger partial charge >= 0.3 is 0 Å². The van der Waals surface area contributed by atoms with Crippen molar-refractivity contribution in [1.82, 2.24) is 0 Å². The average molecular weight is 124 g/mol. The van der Waals surface area contributed by atoms with Crippen molar-refractivity contribution in [2.75, 3.05) is 0 Å². The van der Waals surface area contributed by atoms with Crippen LogP contribution < -0.4 is 5.14 Å². The van der Waals surface area contributed by atoms with Crippen molar-refractivity contribution in [1.29, 1.82) is 0 Å². The van der Waals surface area contributed by atoms with Gasteiger partial charge in [0.2, 0.25) is 0 Å². The van der Waals surface area contributed by atoms with Crippen LogP contribution in [-0.2, 0) is 11.3 Å². The summed E-state index contributed by atoms with van der Waals surface area (Å²) in [6.45, 7) is 4.25. The lowest BCUT2D eigenvalue weighted by Crippen LogP contribution is -1.97. The van der Waals surface area contributed by atoms with E-state index in [0.717, 1.165) is 0 Å². The molecule has 1 unspecified atom stereocenters. The molecule has 0 aliphatic rings. The number of nitrogens with two attached hydrogens (primary N) is 1. The van der Waals surface area contributed by atoms with Gasteiger partial charge in [0.25, 0.3) is 0 Å². The van der Waals surface area contributed by atoms with Gasteiger partial charge in [0.15, 0.2) is 0 Å². The summed E-state index contributed by atoms with van der Waals surface area (Å²) in [6, 6.07) is 0. The normalized spacial score (nSPS) is 11.4. The summed E-state index contributed by atoms with van der Waals surface area (Å²) in [5.74, 6) is 0. The minimum absolute atomic E-state index is 1.25. The maximum absolute atomic E-state index is 8.78. The highest BCUT2D eigenvalue weighted by Crippen LogP contribution is 1.56. The van der Waals surface area contributed by atoms with Crippen molar-refractivity contribution >= 4 is 11.3 Å². The van der Waals surface area contributed by atoms with Crippen molar-refractivity contribution in [2.45, 2.75) is 20.3 Å². The highest BCUT2D eigenvalue weighted by Gasteiger charge is 1.39. The lowest BCUT2D eigenvalue weighted by molar-refractivity contribution is 0.539. The number of rotatable bonds is 0. The van der Waals surface area contributed by atoms with Gasteiger partial charge in [0.05, 0.1) is 0 Å². The minimum atomic E-state index is -2.36. The van der Waals surface area contributed by atoms with Crippen LogP contribution in [0.5, 0.6) is 0 Å². The van der Waals surface area contributed by atoms with Crippen molar-refractivity contribution in [2.24, 2.45) is 5.14 Å². The fourth-order valence-electron chi connectivity index (χ4n) is 0. The van der Waals surface area contributed by atoms with E-state index in [9.17, 15) is 0 Å². The van der Waals surface area contributed by atoms with E-state index in [1.54, 1.807) is 0 Å². The molecule has 0 aliphatic heterocycles. The van der Waals surface area contributed by atoms with Crippen molar-refractivity contribution in [3.05, 3.63) is 0 Å². The zero-order valence-electron chi connectivity index (χ0n) is 4.51. The molecule has 0 saturated carbocycles. The molecule has 0 amide bonds. The Morgan fingerprint density at radius 2 is 1.71 bits per heavy atom. The predicted octanol–water partition coefficient (Wildman–Crippen LogP) is 0.156. The largest absolute Gasteiger partial charge is 0.760 e. The van der Waals surface area contributed by atoms with Gasteiger partial charge in [-0.15, -0.1) is 0 Å². The third-order valence-electron chi connectivity index (χ3n) is 0. The Kier molecular flexibility index (Phi) is 13.6. The Morgan fingerprint density at radius 3 is 1.71 bits per heavy atom. The standard InChI is InChI=1S/C3H8.H3NO2S/c1-3-2;1-4(2)3/h3H2,1-2H3;1H2,(H,2,3)/p-1. The molecule has 0 rings (SSSR count). The van der Waals surface area contributed by atoms with E-state index in [4.69, 9.17) is 8.76 Å². The van der Waals surface area contributed by atoms with E-state index in [0.29, 0.717) is 0 Å². The first-order chi connectivity index (χ1) is 3.15. The molecule has 0 aromatic carbocycles. The van der Waals surface area contributed by atoms with Crippen LogP contribution in [0.15, 0.2) is 0 Å². The first-order valence-electron chi connectivity index (χ1n) is 1.98.